The zero-order chi connectivity index (χ0) is 21.0. The first-order chi connectivity index (χ1) is 15.3. The minimum Gasteiger partial charge on any atom is -0.469 e. The molecule has 156 valence electrons. The van der Waals surface area contributed by atoms with Gasteiger partial charge in [0.05, 0.1) is 12.8 Å². The van der Waals surface area contributed by atoms with E-state index in [1.54, 1.807) is 6.26 Å². The molecule has 0 saturated carbocycles. The van der Waals surface area contributed by atoms with E-state index in [0.717, 1.165) is 65.3 Å². The molecule has 0 aliphatic rings. The number of furan rings is 2. The van der Waals surface area contributed by atoms with Gasteiger partial charge in [-0.1, -0.05) is 49.4 Å². The Hall–Kier alpha value is -3.44. The number of rotatable bonds is 8. The summed E-state index contributed by atoms with van der Waals surface area (Å²) >= 11 is 0. The van der Waals surface area contributed by atoms with E-state index in [1.165, 1.54) is 5.56 Å². The average Bonchev–Trinajstić information content (AvgIpc) is 3.47. The molecule has 31 heavy (non-hydrogen) atoms. The maximum atomic E-state index is 6.13. The molecule has 0 radical (unpaired) electrons. The summed E-state index contributed by atoms with van der Waals surface area (Å²) in [6, 6.07) is 22.7. The van der Waals surface area contributed by atoms with Gasteiger partial charge in [-0.15, -0.1) is 0 Å². The summed E-state index contributed by atoms with van der Waals surface area (Å²) in [6.07, 6.45) is 4.47. The molecule has 2 aromatic carbocycles. The van der Waals surface area contributed by atoms with Gasteiger partial charge in [-0.25, -0.2) is 4.98 Å². The predicted molar refractivity (Wildman–Crippen MR) is 121 cm³/mol. The van der Waals surface area contributed by atoms with Crippen LogP contribution in [0.15, 0.2) is 81.8 Å². The van der Waals surface area contributed by atoms with Gasteiger partial charge >= 0.3 is 0 Å². The Morgan fingerprint density at radius 2 is 1.77 bits per heavy atom. The Bertz CT molecular complexity index is 1280. The van der Waals surface area contributed by atoms with Crippen molar-refractivity contribution in [3.63, 3.8) is 0 Å². The molecule has 0 bridgehead atoms. The normalized spacial score (nSPS) is 12.5. The van der Waals surface area contributed by atoms with Crippen LogP contribution in [0, 0.1) is 0 Å². The molecule has 5 aromatic rings. The van der Waals surface area contributed by atoms with Gasteiger partial charge in [-0.3, -0.25) is 5.32 Å². The highest BCUT2D eigenvalue weighted by Crippen LogP contribution is 2.30. The monoisotopic (exact) mass is 412 g/mol. The van der Waals surface area contributed by atoms with Crippen molar-refractivity contribution in [1.82, 2.24) is 9.97 Å². The number of para-hydroxylation sites is 1. The van der Waals surface area contributed by atoms with E-state index in [4.69, 9.17) is 18.8 Å². The van der Waals surface area contributed by atoms with Crippen LogP contribution in [0.2, 0.25) is 0 Å². The van der Waals surface area contributed by atoms with Crippen molar-refractivity contribution >= 4 is 27.9 Å². The molecule has 0 fully saturated rings. The molecule has 0 spiro atoms. The molecule has 0 aliphatic heterocycles. The van der Waals surface area contributed by atoms with E-state index in [-0.39, 0.29) is 0 Å². The highest BCUT2D eigenvalue weighted by Gasteiger charge is 2.20. The Morgan fingerprint density at radius 3 is 2.58 bits per heavy atom. The number of aryl methyl sites for hydroxylation is 1. The van der Waals surface area contributed by atoms with Crippen LogP contribution in [0.1, 0.15) is 36.4 Å². The third-order valence-electron chi connectivity index (χ3n) is 5.73. The van der Waals surface area contributed by atoms with Crippen LogP contribution >= 0.6 is 0 Å². The van der Waals surface area contributed by atoms with Crippen molar-refractivity contribution in [3.8, 4) is 0 Å². The second-order valence-corrected chi connectivity index (χ2v) is 7.84. The quantitative estimate of drug-likeness (QED) is 0.383. The highest BCUT2D eigenvalue weighted by molar-refractivity contribution is 6.04. The van der Waals surface area contributed by atoms with Crippen LogP contribution in [0.5, 0.6) is 0 Å². The molecule has 1 atom stereocenters. The molecule has 3 aromatic heterocycles. The van der Waals surface area contributed by atoms with Crippen molar-refractivity contribution in [2.75, 3.05) is 6.54 Å². The summed E-state index contributed by atoms with van der Waals surface area (Å²) in [5.41, 5.74) is 3.85. The number of nitrogens with two attached hydrogens (primary N) is 1. The minimum atomic E-state index is 0.312. The number of hydrogen-bond acceptors (Lipinski definition) is 4. The van der Waals surface area contributed by atoms with Crippen molar-refractivity contribution < 1.29 is 14.2 Å². The first-order valence-electron chi connectivity index (χ1n) is 10.9. The van der Waals surface area contributed by atoms with Gasteiger partial charge in [-0.2, -0.15) is 4.98 Å². The van der Waals surface area contributed by atoms with Crippen LogP contribution in [-0.4, -0.2) is 16.5 Å². The summed E-state index contributed by atoms with van der Waals surface area (Å²) in [5.74, 6) is 3.07. The molecular formula is C26H26N3O2+. The Kier molecular flexibility index (Phi) is 5.50. The van der Waals surface area contributed by atoms with Crippen LogP contribution < -0.4 is 5.32 Å². The molecule has 3 heterocycles. The van der Waals surface area contributed by atoms with E-state index < -0.39 is 0 Å². The first-order valence-corrected chi connectivity index (χ1v) is 10.9. The van der Waals surface area contributed by atoms with E-state index >= 15 is 0 Å². The zero-order valence-corrected chi connectivity index (χ0v) is 17.6. The average molecular weight is 413 g/mol. The second kappa shape index (κ2) is 8.74. The third-order valence-corrected chi connectivity index (χ3v) is 5.73. The van der Waals surface area contributed by atoms with E-state index in [9.17, 15) is 0 Å². The maximum absolute atomic E-state index is 6.13. The van der Waals surface area contributed by atoms with Gasteiger partial charge in [-0.05, 0) is 36.2 Å². The molecule has 0 amide bonds. The summed E-state index contributed by atoms with van der Waals surface area (Å²) < 4.78 is 11.9. The molecule has 1 unspecified atom stereocenters. The fraction of sp³-hybridized carbons (Fsp3) is 0.231. The highest BCUT2D eigenvalue weighted by atomic mass is 16.3. The maximum Gasteiger partial charge on any atom is 0.272 e. The second-order valence-electron chi connectivity index (χ2n) is 7.84. The molecule has 0 saturated heterocycles. The van der Waals surface area contributed by atoms with Crippen molar-refractivity contribution in [1.29, 1.82) is 0 Å². The van der Waals surface area contributed by atoms with Crippen LogP contribution in [0.25, 0.3) is 22.1 Å². The fourth-order valence-electron chi connectivity index (χ4n) is 4.15. The molecule has 5 rings (SSSR count). The number of quaternary nitrogens is 1. The van der Waals surface area contributed by atoms with Crippen molar-refractivity contribution in [3.05, 3.63) is 90.1 Å². The lowest BCUT2D eigenvalue weighted by Crippen LogP contribution is -2.78. The lowest BCUT2D eigenvalue weighted by molar-refractivity contribution is -0.575. The van der Waals surface area contributed by atoms with Crippen LogP contribution in [-0.2, 0) is 12.8 Å². The van der Waals surface area contributed by atoms with E-state index in [0.29, 0.717) is 5.92 Å². The van der Waals surface area contributed by atoms with Gasteiger partial charge in [0.1, 0.15) is 22.7 Å². The number of aromatic nitrogens is 2. The SMILES string of the molecule is CCc1nc([NH2+]CCC(Cc2ccccc2)c2ccco2)c2oc3ccccc3c2n1. The third kappa shape index (κ3) is 4.09. The zero-order valence-electron chi connectivity index (χ0n) is 17.6. The molecule has 2 N–H and O–H groups in total. The summed E-state index contributed by atoms with van der Waals surface area (Å²) in [5, 5.41) is 3.23. The van der Waals surface area contributed by atoms with Gasteiger partial charge in [0, 0.05) is 24.1 Å². The van der Waals surface area contributed by atoms with Crippen molar-refractivity contribution in [2.24, 2.45) is 0 Å². The Morgan fingerprint density at radius 1 is 0.935 bits per heavy atom. The Labute approximate surface area is 181 Å². The molecular weight excluding hydrogens is 386 g/mol. The number of nitrogens with zero attached hydrogens (tertiary/aromatic N) is 2. The number of fused-ring (bicyclic) bond motifs is 3. The lowest BCUT2D eigenvalue weighted by Gasteiger charge is -2.14. The van der Waals surface area contributed by atoms with Crippen LogP contribution in [0.4, 0.5) is 5.82 Å². The topological polar surface area (TPSA) is 68.7 Å². The Balaban J connectivity index is 1.39. The minimum absolute atomic E-state index is 0.312. The van der Waals surface area contributed by atoms with Crippen LogP contribution in [0.3, 0.4) is 0 Å². The molecule has 5 nitrogen and oxygen atoms in total. The fourth-order valence-corrected chi connectivity index (χ4v) is 4.15. The number of hydrogen-bond donors (Lipinski definition) is 1. The largest absolute Gasteiger partial charge is 0.469 e. The van der Waals surface area contributed by atoms with Gasteiger partial charge in [0.15, 0.2) is 0 Å². The molecule has 5 heteroatoms. The smallest absolute Gasteiger partial charge is 0.272 e. The summed E-state index contributed by atoms with van der Waals surface area (Å²) in [7, 11) is 0. The van der Waals surface area contributed by atoms with E-state index in [2.05, 4.69) is 54.7 Å². The van der Waals surface area contributed by atoms with Gasteiger partial charge in [0.2, 0.25) is 5.58 Å². The first kappa shape index (κ1) is 19.5. The molecule has 0 aliphatic carbocycles. The van der Waals surface area contributed by atoms with E-state index in [1.807, 2.05) is 24.3 Å². The van der Waals surface area contributed by atoms with Gasteiger partial charge in [0.25, 0.3) is 5.82 Å². The standard InChI is InChI=1S/C26H25N3O2/c1-2-23-28-24-20-11-6-7-12-22(20)31-25(24)26(29-23)27-15-14-19(21-13-8-16-30-21)17-18-9-4-3-5-10-18/h3-13,16,19H,2,14-15,17H2,1H3,(H,27,28,29)/p+1. The van der Waals surface area contributed by atoms with Crippen molar-refractivity contribution in [2.45, 2.75) is 32.1 Å². The lowest BCUT2D eigenvalue weighted by atomic mass is 9.94. The predicted octanol–water partition coefficient (Wildman–Crippen LogP) is 5.14. The summed E-state index contributed by atoms with van der Waals surface area (Å²) in [4.78, 5) is 9.52. The summed E-state index contributed by atoms with van der Waals surface area (Å²) in [6.45, 7) is 2.96. The van der Waals surface area contributed by atoms with Gasteiger partial charge < -0.3 is 8.83 Å². The number of benzene rings is 2.